The van der Waals surface area contributed by atoms with Crippen molar-refractivity contribution in [3.8, 4) is 5.75 Å². The maximum atomic E-state index is 10.2. The second-order valence-corrected chi connectivity index (χ2v) is 2.48. The van der Waals surface area contributed by atoms with Gasteiger partial charge in [-0.2, -0.15) is 5.10 Å². The molecule has 1 rings (SSSR count). The Bertz CT molecular complexity index is 284. The largest absolute Gasteiger partial charge is 0.505 e. The molecule has 3 N–H and O–H groups in total. The number of nitrogens with two attached hydrogens (primary N) is 1. The Labute approximate surface area is 74.9 Å². The molecule has 13 heavy (non-hydrogen) atoms. The average molecular weight is 185 g/mol. The van der Waals surface area contributed by atoms with Crippen molar-refractivity contribution < 1.29 is 14.6 Å². The van der Waals surface area contributed by atoms with E-state index in [-0.39, 0.29) is 12.4 Å². The van der Waals surface area contributed by atoms with Crippen molar-refractivity contribution in [2.45, 2.75) is 13.0 Å². The van der Waals surface area contributed by atoms with Gasteiger partial charge in [-0.05, 0) is 0 Å². The molecule has 1 aromatic heterocycles. The lowest BCUT2D eigenvalue weighted by molar-refractivity contribution is 0.153. The minimum atomic E-state index is -0.775. The molecule has 0 saturated heterocycles. The minimum Gasteiger partial charge on any atom is -0.505 e. The van der Waals surface area contributed by atoms with Crippen LogP contribution in [0.3, 0.4) is 0 Å². The molecule has 0 unspecified atom stereocenters. The fraction of sp³-hybridized carbons (Fsp3) is 0.429. The third-order valence-corrected chi connectivity index (χ3v) is 1.40. The summed E-state index contributed by atoms with van der Waals surface area (Å²) in [5, 5.41) is 12.7. The number of aryl methyl sites for hydroxylation is 1. The van der Waals surface area contributed by atoms with Gasteiger partial charge in [0.15, 0.2) is 5.75 Å². The molecule has 6 heteroatoms. The van der Waals surface area contributed by atoms with E-state index in [1.165, 1.54) is 12.4 Å². The number of amides is 1. The van der Waals surface area contributed by atoms with Crippen molar-refractivity contribution in [2.24, 2.45) is 5.73 Å². The number of carbonyl (C=O) groups is 1. The number of hydrogen-bond donors (Lipinski definition) is 2. The van der Waals surface area contributed by atoms with Crippen molar-refractivity contribution in [1.82, 2.24) is 9.78 Å². The summed E-state index contributed by atoms with van der Waals surface area (Å²) in [5.74, 6) is 0.121. The maximum Gasteiger partial charge on any atom is 0.404 e. The van der Waals surface area contributed by atoms with Gasteiger partial charge in [0.2, 0.25) is 0 Å². The van der Waals surface area contributed by atoms with E-state index >= 15 is 0 Å². The minimum absolute atomic E-state index is 0.121. The molecule has 0 aliphatic heterocycles. The molecule has 0 saturated carbocycles. The highest BCUT2D eigenvalue weighted by atomic mass is 16.5. The van der Waals surface area contributed by atoms with Gasteiger partial charge < -0.3 is 15.6 Å². The van der Waals surface area contributed by atoms with Gasteiger partial charge in [0.05, 0.1) is 19.0 Å². The summed E-state index contributed by atoms with van der Waals surface area (Å²) < 4.78 is 6.06. The Morgan fingerprint density at radius 2 is 2.54 bits per heavy atom. The van der Waals surface area contributed by atoms with Gasteiger partial charge in [0.1, 0.15) is 0 Å². The Morgan fingerprint density at radius 1 is 1.77 bits per heavy atom. The lowest BCUT2D eigenvalue weighted by Gasteiger charge is -2.01. The van der Waals surface area contributed by atoms with Crippen LogP contribution in [0.4, 0.5) is 4.79 Å². The number of hydrogen-bond acceptors (Lipinski definition) is 4. The van der Waals surface area contributed by atoms with Gasteiger partial charge in [0, 0.05) is 13.0 Å². The highest BCUT2D eigenvalue weighted by Gasteiger charge is 1.97. The second kappa shape index (κ2) is 4.34. The molecule has 6 nitrogen and oxygen atoms in total. The van der Waals surface area contributed by atoms with Crippen molar-refractivity contribution >= 4 is 6.09 Å². The highest BCUT2D eigenvalue weighted by Crippen LogP contribution is 2.04. The SMILES string of the molecule is NC(=O)OCCCn1cc(O)cn1. The summed E-state index contributed by atoms with van der Waals surface area (Å²) in [4.78, 5) is 10.2. The second-order valence-electron chi connectivity index (χ2n) is 2.48. The van der Waals surface area contributed by atoms with Crippen LogP contribution >= 0.6 is 0 Å². The molecular weight excluding hydrogens is 174 g/mol. The number of aromatic nitrogens is 2. The smallest absolute Gasteiger partial charge is 0.404 e. The first-order valence-corrected chi connectivity index (χ1v) is 3.82. The van der Waals surface area contributed by atoms with Crippen LogP contribution in [0.5, 0.6) is 5.75 Å². The third kappa shape index (κ3) is 3.46. The van der Waals surface area contributed by atoms with Crippen LogP contribution < -0.4 is 5.73 Å². The standard InChI is InChI=1S/C7H11N3O3/c8-7(12)13-3-1-2-10-5-6(11)4-9-10/h4-5,11H,1-3H2,(H2,8,12). The van der Waals surface area contributed by atoms with E-state index in [1.807, 2.05) is 0 Å². The van der Waals surface area contributed by atoms with Crippen LogP contribution in [0.15, 0.2) is 12.4 Å². The van der Waals surface area contributed by atoms with E-state index in [1.54, 1.807) is 4.68 Å². The molecule has 0 atom stereocenters. The predicted octanol–water partition coefficient (Wildman–Crippen LogP) is 0.0741. The van der Waals surface area contributed by atoms with E-state index in [9.17, 15) is 4.79 Å². The average Bonchev–Trinajstić information content (AvgIpc) is 2.45. The van der Waals surface area contributed by atoms with Crippen molar-refractivity contribution in [3.05, 3.63) is 12.4 Å². The Kier molecular flexibility index (Phi) is 3.13. The molecule has 0 aliphatic carbocycles. The van der Waals surface area contributed by atoms with Crippen molar-refractivity contribution in [3.63, 3.8) is 0 Å². The van der Waals surface area contributed by atoms with Crippen LogP contribution in [0.25, 0.3) is 0 Å². The first kappa shape index (κ1) is 9.37. The number of ether oxygens (including phenoxy) is 1. The number of primary amides is 1. The number of carbonyl (C=O) groups excluding carboxylic acids is 1. The van der Waals surface area contributed by atoms with Gasteiger partial charge in [-0.1, -0.05) is 0 Å². The van der Waals surface area contributed by atoms with Crippen LogP contribution in [-0.2, 0) is 11.3 Å². The van der Waals surface area contributed by atoms with E-state index in [0.717, 1.165) is 0 Å². The molecule has 0 aromatic carbocycles. The van der Waals surface area contributed by atoms with Crippen LogP contribution in [0, 0.1) is 0 Å². The summed E-state index contributed by atoms with van der Waals surface area (Å²) in [6, 6.07) is 0. The van der Waals surface area contributed by atoms with Crippen LogP contribution in [-0.4, -0.2) is 27.6 Å². The molecule has 1 amide bonds. The van der Waals surface area contributed by atoms with Gasteiger partial charge in [-0.25, -0.2) is 4.79 Å². The summed E-state index contributed by atoms with van der Waals surface area (Å²) in [7, 11) is 0. The van der Waals surface area contributed by atoms with Gasteiger partial charge in [0.25, 0.3) is 0 Å². The monoisotopic (exact) mass is 185 g/mol. The molecule has 1 heterocycles. The van der Waals surface area contributed by atoms with Gasteiger partial charge >= 0.3 is 6.09 Å². The van der Waals surface area contributed by atoms with Crippen LogP contribution in [0.2, 0.25) is 0 Å². The Balaban J connectivity index is 2.16. The van der Waals surface area contributed by atoms with E-state index < -0.39 is 6.09 Å². The zero-order valence-electron chi connectivity index (χ0n) is 7.01. The first-order valence-electron chi connectivity index (χ1n) is 3.82. The Morgan fingerprint density at radius 3 is 3.08 bits per heavy atom. The normalized spacial score (nSPS) is 9.85. The van der Waals surface area contributed by atoms with Crippen LogP contribution in [0.1, 0.15) is 6.42 Å². The quantitative estimate of drug-likeness (QED) is 0.649. The third-order valence-electron chi connectivity index (χ3n) is 1.40. The number of aromatic hydroxyl groups is 1. The van der Waals surface area contributed by atoms with Gasteiger partial charge in [-0.15, -0.1) is 0 Å². The lowest BCUT2D eigenvalue weighted by atomic mass is 10.4. The predicted molar refractivity (Wildman–Crippen MR) is 44.0 cm³/mol. The zero-order valence-corrected chi connectivity index (χ0v) is 7.01. The summed E-state index contributed by atoms with van der Waals surface area (Å²) in [6.07, 6.45) is 2.67. The molecule has 1 aromatic rings. The highest BCUT2D eigenvalue weighted by molar-refractivity contribution is 5.64. The van der Waals surface area contributed by atoms with E-state index in [0.29, 0.717) is 13.0 Å². The molecule has 0 spiro atoms. The number of nitrogens with zero attached hydrogens (tertiary/aromatic N) is 2. The molecule has 0 bridgehead atoms. The topological polar surface area (TPSA) is 90.4 Å². The molecule has 0 aliphatic rings. The molecule has 0 radical (unpaired) electrons. The molecule has 72 valence electrons. The van der Waals surface area contributed by atoms with Gasteiger partial charge in [-0.3, -0.25) is 4.68 Å². The van der Waals surface area contributed by atoms with E-state index in [4.69, 9.17) is 10.8 Å². The molecular formula is C7H11N3O3. The maximum absolute atomic E-state index is 10.2. The fourth-order valence-corrected chi connectivity index (χ4v) is 0.874. The zero-order chi connectivity index (χ0) is 9.68. The fourth-order valence-electron chi connectivity index (χ4n) is 0.874. The number of rotatable bonds is 4. The summed E-state index contributed by atoms with van der Waals surface area (Å²) in [5.41, 5.74) is 4.75. The Hall–Kier alpha value is -1.72. The van der Waals surface area contributed by atoms with Crippen molar-refractivity contribution in [1.29, 1.82) is 0 Å². The molecule has 0 fully saturated rings. The summed E-state index contributed by atoms with van der Waals surface area (Å²) >= 11 is 0. The summed E-state index contributed by atoms with van der Waals surface area (Å²) in [6.45, 7) is 0.837. The van der Waals surface area contributed by atoms with Crippen molar-refractivity contribution in [2.75, 3.05) is 6.61 Å². The van der Waals surface area contributed by atoms with E-state index in [2.05, 4.69) is 9.84 Å². The first-order chi connectivity index (χ1) is 6.18. The lowest BCUT2D eigenvalue weighted by Crippen LogP contribution is -2.14.